The van der Waals surface area contributed by atoms with Crippen molar-refractivity contribution in [3.63, 3.8) is 0 Å². The molecule has 1 saturated heterocycles. The van der Waals surface area contributed by atoms with Gasteiger partial charge in [-0.2, -0.15) is 0 Å². The number of nitrogens with zero attached hydrogens (tertiary/aromatic N) is 2. The number of hydrogen-bond acceptors (Lipinski definition) is 3. The first-order valence-electron chi connectivity index (χ1n) is 6.75. The van der Waals surface area contributed by atoms with E-state index >= 15 is 0 Å². The van der Waals surface area contributed by atoms with E-state index < -0.39 is 0 Å². The smallest absolute Gasteiger partial charge is 0.317 e. The maximum atomic E-state index is 11.9. The lowest BCUT2D eigenvalue weighted by Gasteiger charge is -2.38. The summed E-state index contributed by atoms with van der Waals surface area (Å²) in [5, 5.41) is 10.6. The molecule has 0 aromatic carbocycles. The van der Waals surface area contributed by atoms with Crippen molar-refractivity contribution in [3.05, 3.63) is 0 Å². The zero-order chi connectivity index (χ0) is 13.1. The molecule has 4 N–H and O–H groups in total. The summed E-state index contributed by atoms with van der Waals surface area (Å²) in [5.74, 6) is 0.230. The molecule has 2 rings (SSSR count). The van der Waals surface area contributed by atoms with Gasteiger partial charge in [0.2, 0.25) is 0 Å². The number of rotatable bonds is 4. The number of carbonyl (C=O) groups excluding carboxylic acids is 1. The standard InChI is InChI=1S/C12H23N5O/c1-2-10(11(13)14)16-5-7-17(8-6-16)12(18)15-9-3-4-9/h9-10H,2-8H2,1H3,(H3,13,14)(H,15,18). The van der Waals surface area contributed by atoms with Crippen LogP contribution < -0.4 is 11.1 Å². The summed E-state index contributed by atoms with van der Waals surface area (Å²) in [6.07, 6.45) is 3.09. The molecule has 1 saturated carbocycles. The molecule has 1 aliphatic carbocycles. The average Bonchev–Trinajstić information content (AvgIpc) is 3.14. The molecule has 0 aromatic heterocycles. The Morgan fingerprint density at radius 2 is 2.00 bits per heavy atom. The molecule has 102 valence electrons. The van der Waals surface area contributed by atoms with Gasteiger partial charge < -0.3 is 16.0 Å². The van der Waals surface area contributed by atoms with Crippen molar-refractivity contribution in [2.75, 3.05) is 26.2 Å². The fourth-order valence-corrected chi connectivity index (χ4v) is 2.41. The van der Waals surface area contributed by atoms with Gasteiger partial charge in [-0.05, 0) is 19.3 Å². The first kappa shape index (κ1) is 13.1. The second-order valence-electron chi connectivity index (χ2n) is 5.13. The van der Waals surface area contributed by atoms with Gasteiger partial charge in [-0.25, -0.2) is 4.79 Å². The number of nitrogens with two attached hydrogens (primary N) is 1. The van der Waals surface area contributed by atoms with E-state index in [-0.39, 0.29) is 17.9 Å². The molecule has 0 aromatic rings. The van der Waals surface area contributed by atoms with Gasteiger partial charge in [-0.1, -0.05) is 6.92 Å². The van der Waals surface area contributed by atoms with E-state index in [2.05, 4.69) is 10.2 Å². The summed E-state index contributed by atoms with van der Waals surface area (Å²) in [5.41, 5.74) is 5.60. The number of amidine groups is 1. The van der Waals surface area contributed by atoms with Gasteiger partial charge in [0.1, 0.15) is 5.84 Å². The number of hydrogen-bond donors (Lipinski definition) is 3. The van der Waals surface area contributed by atoms with Crippen LogP contribution in [0.15, 0.2) is 0 Å². The van der Waals surface area contributed by atoms with Crippen LogP contribution in [-0.2, 0) is 0 Å². The summed E-state index contributed by atoms with van der Waals surface area (Å²) in [6.45, 7) is 5.09. The van der Waals surface area contributed by atoms with Crippen molar-refractivity contribution in [2.24, 2.45) is 5.73 Å². The molecule has 18 heavy (non-hydrogen) atoms. The lowest BCUT2D eigenvalue weighted by atomic mass is 10.1. The van der Waals surface area contributed by atoms with Crippen LogP contribution in [-0.4, -0.2) is 59.9 Å². The van der Waals surface area contributed by atoms with Crippen LogP contribution in [0, 0.1) is 5.41 Å². The highest BCUT2D eigenvalue weighted by atomic mass is 16.2. The maximum absolute atomic E-state index is 11.9. The van der Waals surface area contributed by atoms with Crippen LogP contribution in [0.25, 0.3) is 0 Å². The normalized spacial score (nSPS) is 22.6. The van der Waals surface area contributed by atoms with Crippen molar-refractivity contribution >= 4 is 11.9 Å². The molecule has 2 aliphatic rings. The fourth-order valence-electron chi connectivity index (χ4n) is 2.41. The SMILES string of the molecule is CCC(C(=N)N)N1CCN(C(=O)NC2CC2)CC1. The molecule has 1 atom stereocenters. The number of nitrogens with one attached hydrogen (secondary N) is 2. The van der Waals surface area contributed by atoms with E-state index in [9.17, 15) is 4.79 Å². The Bertz CT molecular complexity index is 320. The van der Waals surface area contributed by atoms with Gasteiger partial charge >= 0.3 is 6.03 Å². The summed E-state index contributed by atoms with van der Waals surface area (Å²) in [6, 6.07) is 0.503. The lowest BCUT2D eigenvalue weighted by molar-refractivity contribution is 0.125. The molecule has 1 heterocycles. The minimum absolute atomic E-state index is 0.0265. The van der Waals surface area contributed by atoms with E-state index in [1.807, 2.05) is 11.8 Å². The van der Waals surface area contributed by atoms with Crippen molar-refractivity contribution in [2.45, 2.75) is 38.3 Å². The first-order valence-corrected chi connectivity index (χ1v) is 6.75. The summed E-state index contributed by atoms with van der Waals surface area (Å²) < 4.78 is 0. The number of carbonyl (C=O) groups is 1. The van der Waals surface area contributed by atoms with E-state index in [0.29, 0.717) is 6.04 Å². The monoisotopic (exact) mass is 253 g/mol. The Labute approximate surface area is 108 Å². The maximum Gasteiger partial charge on any atom is 0.317 e. The minimum Gasteiger partial charge on any atom is -0.386 e. The third kappa shape index (κ3) is 3.13. The van der Waals surface area contributed by atoms with Crippen LogP contribution in [0.5, 0.6) is 0 Å². The van der Waals surface area contributed by atoms with E-state index in [4.69, 9.17) is 11.1 Å². The fraction of sp³-hybridized carbons (Fsp3) is 0.833. The quantitative estimate of drug-likeness (QED) is 0.494. The third-order valence-corrected chi connectivity index (χ3v) is 3.69. The van der Waals surface area contributed by atoms with Crippen molar-refractivity contribution in [3.8, 4) is 0 Å². The zero-order valence-electron chi connectivity index (χ0n) is 11.0. The van der Waals surface area contributed by atoms with Crippen LogP contribution in [0.4, 0.5) is 4.79 Å². The molecule has 6 heteroatoms. The van der Waals surface area contributed by atoms with Gasteiger partial charge in [-0.3, -0.25) is 10.3 Å². The highest BCUT2D eigenvalue weighted by Crippen LogP contribution is 2.19. The molecule has 2 amide bonds. The van der Waals surface area contributed by atoms with E-state index in [0.717, 1.165) is 45.4 Å². The number of urea groups is 1. The summed E-state index contributed by atoms with van der Waals surface area (Å²) in [7, 11) is 0. The predicted molar refractivity (Wildman–Crippen MR) is 70.7 cm³/mol. The average molecular weight is 253 g/mol. The van der Waals surface area contributed by atoms with Gasteiger partial charge in [0.25, 0.3) is 0 Å². The second-order valence-corrected chi connectivity index (χ2v) is 5.13. The van der Waals surface area contributed by atoms with Crippen molar-refractivity contribution in [1.82, 2.24) is 15.1 Å². The summed E-state index contributed by atoms with van der Waals surface area (Å²) in [4.78, 5) is 15.9. The number of amides is 2. The highest BCUT2D eigenvalue weighted by Gasteiger charge is 2.29. The molecule has 1 unspecified atom stereocenters. The van der Waals surface area contributed by atoms with E-state index in [1.165, 1.54) is 0 Å². The van der Waals surface area contributed by atoms with Crippen molar-refractivity contribution in [1.29, 1.82) is 5.41 Å². The first-order chi connectivity index (χ1) is 8.61. The van der Waals surface area contributed by atoms with Gasteiger partial charge in [0.15, 0.2) is 0 Å². The highest BCUT2D eigenvalue weighted by molar-refractivity contribution is 5.82. The molecular formula is C12H23N5O. The van der Waals surface area contributed by atoms with Crippen molar-refractivity contribution < 1.29 is 4.79 Å². The van der Waals surface area contributed by atoms with Crippen LogP contribution >= 0.6 is 0 Å². The molecule has 0 spiro atoms. The van der Waals surface area contributed by atoms with Crippen LogP contribution in [0.3, 0.4) is 0 Å². The molecule has 0 bridgehead atoms. The number of piperazine rings is 1. The molecule has 2 fully saturated rings. The predicted octanol–water partition coefficient (Wildman–Crippen LogP) is 0.191. The molecule has 1 aliphatic heterocycles. The van der Waals surface area contributed by atoms with Gasteiger partial charge in [0, 0.05) is 32.2 Å². The Morgan fingerprint density at radius 3 is 2.44 bits per heavy atom. The largest absolute Gasteiger partial charge is 0.386 e. The second kappa shape index (κ2) is 5.56. The summed E-state index contributed by atoms with van der Waals surface area (Å²) >= 11 is 0. The third-order valence-electron chi connectivity index (χ3n) is 3.69. The molecular weight excluding hydrogens is 230 g/mol. The Balaban J connectivity index is 1.79. The Hall–Kier alpha value is -1.30. The Morgan fingerprint density at radius 1 is 1.39 bits per heavy atom. The molecule has 0 radical (unpaired) electrons. The molecule has 6 nitrogen and oxygen atoms in total. The van der Waals surface area contributed by atoms with Gasteiger partial charge in [-0.15, -0.1) is 0 Å². The lowest BCUT2D eigenvalue weighted by Crippen LogP contribution is -2.56. The van der Waals surface area contributed by atoms with Gasteiger partial charge in [0.05, 0.1) is 6.04 Å². The zero-order valence-corrected chi connectivity index (χ0v) is 11.0. The Kier molecular flexibility index (Phi) is 4.06. The van der Waals surface area contributed by atoms with Crippen LogP contribution in [0.1, 0.15) is 26.2 Å². The minimum atomic E-state index is 0.0265. The topological polar surface area (TPSA) is 85.5 Å². The van der Waals surface area contributed by atoms with Crippen LogP contribution in [0.2, 0.25) is 0 Å². The van der Waals surface area contributed by atoms with E-state index in [1.54, 1.807) is 0 Å².